The average Bonchev–Trinajstić information content (AvgIpc) is 2.89. The standard InChI is InChI=1S/C15H11ClFNO2S/c16-14-7-6-13(21-14)15(20)18-11-4-5-12(17)10(9-11)3-1-2-8-19/h4-7,9,19H,2,8H2,(H,18,20). The van der Waals surface area contributed by atoms with Crippen molar-refractivity contribution in [2.24, 2.45) is 0 Å². The van der Waals surface area contributed by atoms with Crippen molar-refractivity contribution < 1.29 is 14.3 Å². The van der Waals surface area contributed by atoms with E-state index in [1.807, 2.05) is 0 Å². The predicted molar refractivity (Wildman–Crippen MR) is 82.3 cm³/mol. The van der Waals surface area contributed by atoms with E-state index < -0.39 is 5.82 Å². The number of amides is 1. The molecule has 6 heteroatoms. The normalized spacial score (nSPS) is 9.86. The van der Waals surface area contributed by atoms with Crippen LogP contribution in [0.4, 0.5) is 10.1 Å². The molecule has 0 aliphatic heterocycles. The Bertz CT molecular complexity index is 718. The number of carbonyl (C=O) groups excluding carboxylic acids is 1. The molecule has 1 amide bonds. The maximum Gasteiger partial charge on any atom is 0.265 e. The van der Waals surface area contributed by atoms with Gasteiger partial charge in [0.1, 0.15) is 5.82 Å². The summed E-state index contributed by atoms with van der Waals surface area (Å²) in [7, 11) is 0. The van der Waals surface area contributed by atoms with E-state index in [4.69, 9.17) is 16.7 Å². The number of thiophene rings is 1. The zero-order chi connectivity index (χ0) is 15.2. The number of aliphatic hydroxyl groups excluding tert-OH is 1. The molecule has 0 saturated heterocycles. The molecule has 0 spiro atoms. The van der Waals surface area contributed by atoms with Gasteiger partial charge in [-0.1, -0.05) is 23.4 Å². The predicted octanol–water partition coefficient (Wildman–Crippen LogP) is 3.53. The van der Waals surface area contributed by atoms with Gasteiger partial charge in [0.2, 0.25) is 0 Å². The average molecular weight is 324 g/mol. The SMILES string of the molecule is O=C(Nc1ccc(F)c(C#CCCO)c1)c1ccc(Cl)s1. The van der Waals surface area contributed by atoms with Crippen molar-refractivity contribution in [3.8, 4) is 11.8 Å². The Labute approximate surface area is 130 Å². The molecule has 1 aromatic carbocycles. The largest absolute Gasteiger partial charge is 0.395 e. The molecule has 1 heterocycles. The van der Waals surface area contributed by atoms with E-state index in [0.717, 1.165) is 11.3 Å². The molecule has 2 aromatic rings. The minimum absolute atomic E-state index is 0.0792. The first-order valence-electron chi connectivity index (χ1n) is 6.06. The molecule has 0 unspecified atom stereocenters. The zero-order valence-electron chi connectivity index (χ0n) is 10.8. The van der Waals surface area contributed by atoms with E-state index in [9.17, 15) is 9.18 Å². The van der Waals surface area contributed by atoms with Gasteiger partial charge in [-0.3, -0.25) is 4.79 Å². The Morgan fingerprint density at radius 1 is 1.38 bits per heavy atom. The number of hydrogen-bond donors (Lipinski definition) is 2. The smallest absolute Gasteiger partial charge is 0.265 e. The van der Waals surface area contributed by atoms with Crippen molar-refractivity contribution >= 4 is 34.5 Å². The van der Waals surface area contributed by atoms with Crippen LogP contribution in [0.5, 0.6) is 0 Å². The van der Waals surface area contributed by atoms with Crippen molar-refractivity contribution in [1.82, 2.24) is 0 Å². The summed E-state index contributed by atoms with van der Waals surface area (Å²) in [6, 6.07) is 7.40. The maximum atomic E-state index is 13.6. The third-order valence-corrected chi connectivity index (χ3v) is 3.71. The summed E-state index contributed by atoms with van der Waals surface area (Å²) in [5.74, 6) is 4.47. The maximum absolute atomic E-state index is 13.6. The molecule has 0 aliphatic rings. The van der Waals surface area contributed by atoms with Crippen molar-refractivity contribution in [1.29, 1.82) is 0 Å². The third kappa shape index (κ3) is 4.30. The van der Waals surface area contributed by atoms with Gasteiger partial charge >= 0.3 is 0 Å². The van der Waals surface area contributed by atoms with Gasteiger partial charge in [0.05, 0.1) is 21.4 Å². The number of hydrogen-bond acceptors (Lipinski definition) is 3. The number of anilines is 1. The molecule has 3 nitrogen and oxygen atoms in total. The van der Waals surface area contributed by atoms with Crippen molar-refractivity contribution in [3.05, 3.63) is 50.9 Å². The van der Waals surface area contributed by atoms with Crippen LogP contribution in [-0.4, -0.2) is 17.6 Å². The van der Waals surface area contributed by atoms with Gasteiger partial charge in [0.15, 0.2) is 0 Å². The minimum Gasteiger partial charge on any atom is -0.395 e. The third-order valence-electron chi connectivity index (χ3n) is 2.48. The lowest BCUT2D eigenvalue weighted by atomic mass is 10.2. The molecule has 0 aliphatic carbocycles. The molecule has 0 bridgehead atoms. The number of carbonyl (C=O) groups is 1. The summed E-state index contributed by atoms with van der Waals surface area (Å²) in [5, 5.41) is 11.3. The second kappa shape index (κ2) is 7.23. The van der Waals surface area contributed by atoms with Gasteiger partial charge < -0.3 is 10.4 Å². The van der Waals surface area contributed by atoms with Crippen LogP contribution in [0.1, 0.15) is 21.7 Å². The summed E-state index contributed by atoms with van der Waals surface area (Å²) >= 11 is 6.94. The molecule has 1 aromatic heterocycles. The Kier molecular flexibility index (Phi) is 5.34. The highest BCUT2D eigenvalue weighted by Gasteiger charge is 2.10. The van der Waals surface area contributed by atoms with E-state index >= 15 is 0 Å². The molecule has 0 radical (unpaired) electrons. The van der Waals surface area contributed by atoms with Gasteiger partial charge in [-0.2, -0.15) is 0 Å². The molecule has 2 N–H and O–H groups in total. The monoisotopic (exact) mass is 323 g/mol. The molecule has 0 saturated carbocycles. The lowest BCUT2D eigenvalue weighted by Gasteiger charge is -2.04. The summed E-state index contributed by atoms with van der Waals surface area (Å²) < 4.78 is 14.1. The first-order valence-corrected chi connectivity index (χ1v) is 7.25. The molecule has 21 heavy (non-hydrogen) atoms. The molecule has 0 atom stereocenters. The Morgan fingerprint density at radius 3 is 2.86 bits per heavy atom. The minimum atomic E-state index is -0.474. The fourth-order valence-electron chi connectivity index (χ4n) is 1.54. The second-order valence-corrected chi connectivity index (χ2v) is 5.74. The first-order chi connectivity index (χ1) is 10.1. The van der Waals surface area contributed by atoms with Crippen LogP contribution in [0.3, 0.4) is 0 Å². The van der Waals surface area contributed by atoms with E-state index in [1.54, 1.807) is 12.1 Å². The van der Waals surface area contributed by atoms with Crippen LogP contribution in [-0.2, 0) is 0 Å². The van der Waals surface area contributed by atoms with E-state index in [-0.39, 0.29) is 24.5 Å². The van der Waals surface area contributed by atoms with Crippen LogP contribution in [0.2, 0.25) is 4.34 Å². The Hall–Kier alpha value is -1.87. The lowest BCUT2D eigenvalue weighted by Crippen LogP contribution is -2.10. The van der Waals surface area contributed by atoms with Crippen molar-refractivity contribution in [2.75, 3.05) is 11.9 Å². The van der Waals surface area contributed by atoms with Gasteiger partial charge in [-0.05, 0) is 30.3 Å². The summed E-state index contributed by atoms with van der Waals surface area (Å²) in [5.41, 5.74) is 0.615. The fourth-order valence-corrected chi connectivity index (χ4v) is 2.48. The fraction of sp³-hybridized carbons (Fsp3) is 0.133. The van der Waals surface area contributed by atoms with Crippen LogP contribution < -0.4 is 5.32 Å². The zero-order valence-corrected chi connectivity index (χ0v) is 12.4. The Balaban J connectivity index is 2.16. The number of aliphatic hydroxyl groups is 1. The van der Waals surface area contributed by atoms with Crippen molar-refractivity contribution in [2.45, 2.75) is 6.42 Å². The van der Waals surface area contributed by atoms with Gasteiger partial charge in [0.25, 0.3) is 5.91 Å². The highest BCUT2D eigenvalue weighted by atomic mass is 35.5. The van der Waals surface area contributed by atoms with Crippen LogP contribution in [0, 0.1) is 17.7 Å². The molecular weight excluding hydrogens is 313 g/mol. The number of benzene rings is 1. The van der Waals surface area contributed by atoms with Gasteiger partial charge in [-0.15, -0.1) is 11.3 Å². The topological polar surface area (TPSA) is 49.3 Å². The van der Waals surface area contributed by atoms with Crippen LogP contribution in [0.25, 0.3) is 0 Å². The number of rotatable bonds is 3. The van der Waals surface area contributed by atoms with Gasteiger partial charge in [-0.25, -0.2) is 4.39 Å². The van der Waals surface area contributed by atoms with E-state index in [1.165, 1.54) is 18.2 Å². The molecule has 108 valence electrons. The first kappa shape index (κ1) is 15.5. The highest BCUT2D eigenvalue weighted by Crippen LogP contribution is 2.23. The van der Waals surface area contributed by atoms with E-state index in [2.05, 4.69) is 17.2 Å². The molecular formula is C15H11ClFNO2S. The second-order valence-electron chi connectivity index (χ2n) is 4.03. The quantitative estimate of drug-likeness (QED) is 0.849. The van der Waals surface area contributed by atoms with Crippen LogP contribution >= 0.6 is 22.9 Å². The van der Waals surface area contributed by atoms with E-state index in [0.29, 0.717) is 14.9 Å². The summed E-state index contributed by atoms with van der Waals surface area (Å²) in [4.78, 5) is 12.4. The number of nitrogens with one attached hydrogen (secondary N) is 1. The lowest BCUT2D eigenvalue weighted by molar-refractivity contribution is 0.103. The molecule has 0 fully saturated rings. The highest BCUT2D eigenvalue weighted by molar-refractivity contribution is 7.18. The Morgan fingerprint density at radius 2 is 2.19 bits per heavy atom. The number of halogens is 2. The van der Waals surface area contributed by atoms with Crippen molar-refractivity contribution in [3.63, 3.8) is 0 Å². The summed E-state index contributed by atoms with van der Waals surface area (Å²) in [6.45, 7) is -0.0792. The van der Waals surface area contributed by atoms with Crippen LogP contribution in [0.15, 0.2) is 30.3 Å². The summed E-state index contributed by atoms with van der Waals surface area (Å²) in [6.07, 6.45) is 0.268. The molecule has 2 rings (SSSR count). The van der Waals surface area contributed by atoms with Gasteiger partial charge in [0, 0.05) is 12.1 Å².